The van der Waals surface area contributed by atoms with E-state index >= 15 is 0 Å². The highest BCUT2D eigenvalue weighted by Gasteiger charge is 2.36. The summed E-state index contributed by atoms with van der Waals surface area (Å²) >= 11 is 0. The van der Waals surface area contributed by atoms with Crippen LogP contribution in [0.1, 0.15) is 33.6 Å². The van der Waals surface area contributed by atoms with Gasteiger partial charge in [-0.1, -0.05) is 6.08 Å². The van der Waals surface area contributed by atoms with Crippen LogP contribution in [0.15, 0.2) is 11.9 Å². The lowest BCUT2D eigenvalue weighted by Gasteiger charge is -2.29. The van der Waals surface area contributed by atoms with Gasteiger partial charge >= 0.3 is 0 Å². The molecule has 1 unspecified atom stereocenters. The molecule has 1 atom stereocenters. The maximum absolute atomic E-state index is 12.4. The summed E-state index contributed by atoms with van der Waals surface area (Å²) in [6.45, 7) is 6.36. The first kappa shape index (κ1) is 11.7. The van der Waals surface area contributed by atoms with Crippen LogP contribution in [0.5, 0.6) is 0 Å². The predicted octanol–water partition coefficient (Wildman–Crippen LogP) is 2.71. The van der Waals surface area contributed by atoms with E-state index in [1.165, 1.54) is 6.92 Å². The summed E-state index contributed by atoms with van der Waals surface area (Å²) in [4.78, 5) is 2.22. The Hall–Kier alpha value is -0.410. The molecular formula is C11H20FNO. The predicted molar refractivity (Wildman–Crippen MR) is 55.7 cm³/mol. The van der Waals surface area contributed by atoms with Crippen molar-refractivity contribution in [3.05, 3.63) is 11.9 Å². The van der Waals surface area contributed by atoms with E-state index in [0.29, 0.717) is 6.04 Å². The molecule has 0 amide bonds. The highest BCUT2D eigenvalue weighted by atomic mass is 19.1. The number of likely N-dealkylation sites (N-methyl/N-ethyl adjacent to an activating group) is 1. The zero-order valence-corrected chi connectivity index (χ0v) is 9.51. The first-order valence-electron chi connectivity index (χ1n) is 5.12. The van der Waals surface area contributed by atoms with Crippen LogP contribution in [0, 0.1) is 0 Å². The van der Waals surface area contributed by atoms with Gasteiger partial charge < -0.3 is 4.74 Å². The topological polar surface area (TPSA) is 12.5 Å². The third kappa shape index (κ3) is 2.79. The van der Waals surface area contributed by atoms with Gasteiger partial charge in [0.1, 0.15) is 5.72 Å². The molecule has 82 valence electrons. The van der Waals surface area contributed by atoms with Gasteiger partial charge in [-0.3, -0.25) is 4.90 Å². The third-order valence-electron chi connectivity index (χ3n) is 2.95. The zero-order chi connectivity index (χ0) is 10.8. The van der Waals surface area contributed by atoms with Gasteiger partial charge in [0.2, 0.25) is 0 Å². The quantitative estimate of drug-likeness (QED) is 0.696. The molecule has 0 spiro atoms. The molecule has 2 nitrogen and oxygen atoms in total. The average molecular weight is 201 g/mol. The minimum absolute atomic E-state index is 0.0918. The second-order valence-electron chi connectivity index (χ2n) is 4.39. The SMILES string of the molecule is CC(F)=CCCC1COC(C)(C)N1C. The summed E-state index contributed by atoms with van der Waals surface area (Å²) in [6, 6.07) is 0.417. The maximum atomic E-state index is 12.4. The number of hydrogen-bond acceptors (Lipinski definition) is 2. The summed E-state index contributed by atoms with van der Waals surface area (Å²) in [6.07, 6.45) is 3.39. The number of allylic oxidation sites excluding steroid dienone is 2. The highest BCUT2D eigenvalue weighted by molar-refractivity contribution is 4.90. The van der Waals surface area contributed by atoms with E-state index in [1.54, 1.807) is 6.08 Å². The van der Waals surface area contributed by atoms with E-state index in [0.717, 1.165) is 19.4 Å². The van der Waals surface area contributed by atoms with Crippen LogP contribution < -0.4 is 0 Å². The second-order valence-corrected chi connectivity index (χ2v) is 4.39. The summed E-state index contributed by atoms with van der Waals surface area (Å²) in [7, 11) is 2.06. The van der Waals surface area contributed by atoms with Gasteiger partial charge in [-0.2, -0.15) is 0 Å². The summed E-state index contributed by atoms with van der Waals surface area (Å²) in [5, 5.41) is 0. The number of nitrogens with zero attached hydrogens (tertiary/aromatic N) is 1. The van der Waals surface area contributed by atoms with Crippen molar-refractivity contribution < 1.29 is 9.13 Å². The van der Waals surface area contributed by atoms with Crippen LogP contribution in [0.2, 0.25) is 0 Å². The van der Waals surface area contributed by atoms with Crippen LogP contribution in [0.3, 0.4) is 0 Å². The molecule has 0 aliphatic carbocycles. The number of halogens is 1. The molecule has 1 aliphatic heterocycles. The molecule has 0 radical (unpaired) electrons. The minimum atomic E-state index is -0.168. The molecule has 3 heteroatoms. The molecule has 14 heavy (non-hydrogen) atoms. The molecule has 0 bridgehead atoms. The van der Waals surface area contributed by atoms with Crippen molar-refractivity contribution in [1.82, 2.24) is 4.90 Å². The van der Waals surface area contributed by atoms with E-state index in [4.69, 9.17) is 4.74 Å². The van der Waals surface area contributed by atoms with E-state index in [1.807, 2.05) is 0 Å². The molecule has 0 aromatic carbocycles. The van der Waals surface area contributed by atoms with Crippen molar-refractivity contribution in [2.75, 3.05) is 13.7 Å². The molecule has 1 rings (SSSR count). The van der Waals surface area contributed by atoms with Gasteiger partial charge in [-0.15, -0.1) is 0 Å². The summed E-state index contributed by atoms with van der Waals surface area (Å²) in [5.41, 5.74) is -0.168. The Morgan fingerprint density at radius 1 is 1.64 bits per heavy atom. The Labute approximate surface area is 85.7 Å². The second kappa shape index (κ2) is 4.41. The van der Waals surface area contributed by atoms with Crippen molar-refractivity contribution in [1.29, 1.82) is 0 Å². The average Bonchev–Trinajstić information content (AvgIpc) is 2.31. The lowest BCUT2D eigenvalue weighted by Crippen LogP contribution is -2.40. The van der Waals surface area contributed by atoms with E-state index in [9.17, 15) is 4.39 Å². The molecule has 0 aromatic heterocycles. The molecule has 1 fully saturated rings. The van der Waals surface area contributed by atoms with Crippen LogP contribution in [0.4, 0.5) is 4.39 Å². The Morgan fingerprint density at radius 3 is 2.71 bits per heavy atom. The van der Waals surface area contributed by atoms with Gasteiger partial charge in [-0.05, 0) is 40.7 Å². The van der Waals surface area contributed by atoms with Crippen LogP contribution >= 0.6 is 0 Å². The van der Waals surface area contributed by atoms with Crippen molar-refractivity contribution in [2.24, 2.45) is 0 Å². The van der Waals surface area contributed by atoms with Crippen LogP contribution in [-0.2, 0) is 4.74 Å². The Morgan fingerprint density at radius 2 is 2.29 bits per heavy atom. The first-order valence-corrected chi connectivity index (χ1v) is 5.12. The third-order valence-corrected chi connectivity index (χ3v) is 2.95. The lowest BCUT2D eigenvalue weighted by atomic mass is 10.1. The van der Waals surface area contributed by atoms with E-state index < -0.39 is 0 Å². The number of ether oxygens (including phenoxy) is 1. The molecule has 1 saturated heterocycles. The Kier molecular flexibility index (Phi) is 3.67. The standard InChI is InChI=1S/C11H20FNO/c1-9(12)6-5-7-10-8-14-11(2,3)13(10)4/h6,10H,5,7-8H2,1-4H3. The van der Waals surface area contributed by atoms with E-state index in [2.05, 4.69) is 25.8 Å². The number of hydrogen-bond donors (Lipinski definition) is 0. The van der Waals surface area contributed by atoms with Crippen LogP contribution in [0.25, 0.3) is 0 Å². The fraction of sp³-hybridized carbons (Fsp3) is 0.818. The van der Waals surface area contributed by atoms with Crippen molar-refractivity contribution in [2.45, 2.75) is 45.4 Å². The molecular weight excluding hydrogens is 181 g/mol. The smallest absolute Gasteiger partial charge is 0.116 e. The first-order chi connectivity index (χ1) is 6.43. The molecule has 1 heterocycles. The lowest BCUT2D eigenvalue weighted by molar-refractivity contribution is -0.0414. The maximum Gasteiger partial charge on any atom is 0.116 e. The van der Waals surface area contributed by atoms with Gasteiger partial charge in [0.05, 0.1) is 12.4 Å². The largest absolute Gasteiger partial charge is 0.359 e. The van der Waals surface area contributed by atoms with Crippen LogP contribution in [-0.4, -0.2) is 30.3 Å². The van der Waals surface area contributed by atoms with Crippen molar-refractivity contribution in [3.63, 3.8) is 0 Å². The van der Waals surface area contributed by atoms with Gasteiger partial charge in [0, 0.05) is 6.04 Å². The molecule has 0 aromatic rings. The fourth-order valence-corrected chi connectivity index (χ4v) is 1.71. The van der Waals surface area contributed by atoms with Crippen molar-refractivity contribution >= 4 is 0 Å². The fourth-order valence-electron chi connectivity index (χ4n) is 1.71. The Balaban J connectivity index is 2.38. The van der Waals surface area contributed by atoms with Gasteiger partial charge in [-0.25, -0.2) is 4.39 Å². The molecule has 0 saturated carbocycles. The molecule has 0 N–H and O–H groups in total. The summed E-state index contributed by atoms with van der Waals surface area (Å²) in [5.74, 6) is -0.0918. The normalized spacial score (nSPS) is 28.4. The van der Waals surface area contributed by atoms with Crippen molar-refractivity contribution in [3.8, 4) is 0 Å². The monoisotopic (exact) mass is 201 g/mol. The molecule has 1 aliphatic rings. The minimum Gasteiger partial charge on any atom is -0.359 e. The number of rotatable bonds is 3. The summed E-state index contributed by atoms with van der Waals surface area (Å²) < 4.78 is 18.1. The zero-order valence-electron chi connectivity index (χ0n) is 9.51. The Bertz CT molecular complexity index is 221. The highest BCUT2D eigenvalue weighted by Crippen LogP contribution is 2.27. The van der Waals surface area contributed by atoms with E-state index in [-0.39, 0.29) is 11.6 Å². The van der Waals surface area contributed by atoms with Gasteiger partial charge in [0.15, 0.2) is 0 Å². The van der Waals surface area contributed by atoms with Gasteiger partial charge in [0.25, 0.3) is 0 Å².